The topological polar surface area (TPSA) is 113 Å². The highest BCUT2D eigenvalue weighted by atomic mass is 79.9. The Morgan fingerprint density at radius 3 is 2.61 bits per heavy atom. The van der Waals surface area contributed by atoms with Gasteiger partial charge in [0, 0.05) is 49.5 Å². The third kappa shape index (κ3) is 4.16. The van der Waals surface area contributed by atoms with Crippen LogP contribution in [-0.4, -0.2) is 49.8 Å². The molecule has 33 heavy (non-hydrogen) atoms. The fraction of sp³-hybridized carbons (Fsp3) is 0.238. The van der Waals surface area contributed by atoms with Crippen LogP contribution < -0.4 is 5.32 Å². The summed E-state index contributed by atoms with van der Waals surface area (Å²) in [6.07, 6.45) is 10.8. The highest BCUT2D eigenvalue weighted by molar-refractivity contribution is 9.10. The molecule has 168 valence electrons. The molecule has 5 aromatic rings. The Morgan fingerprint density at radius 2 is 1.85 bits per heavy atom. The van der Waals surface area contributed by atoms with Crippen LogP contribution in [0, 0.1) is 0 Å². The minimum atomic E-state index is -0.344. The number of carbonyl (C=O) groups is 1. The lowest BCUT2D eigenvalue weighted by Gasteiger charge is -2.02. The monoisotopic (exact) mass is 508 g/mol. The third-order valence-electron chi connectivity index (χ3n) is 5.12. The maximum Gasteiger partial charge on any atom is 0.276 e. The summed E-state index contributed by atoms with van der Waals surface area (Å²) < 4.78 is 7.90. The molecule has 0 bridgehead atoms. The van der Waals surface area contributed by atoms with Gasteiger partial charge in [-0.3, -0.25) is 18.8 Å². The Bertz CT molecular complexity index is 1440. The molecule has 0 aromatic carbocycles. The SMILES string of the molecule is CCn1cc(Cn2cc(NC(=O)c3cc4nccc(-c5nn(CC)cc5Br)n4n3)cn2)cn1. The highest BCUT2D eigenvalue weighted by Gasteiger charge is 2.18. The molecule has 11 nitrogen and oxygen atoms in total. The predicted molar refractivity (Wildman–Crippen MR) is 125 cm³/mol. The average Bonchev–Trinajstić information content (AvgIpc) is 3.60. The number of aryl methyl sites for hydroxylation is 2. The highest BCUT2D eigenvalue weighted by Crippen LogP contribution is 2.27. The Morgan fingerprint density at radius 1 is 1.03 bits per heavy atom. The summed E-state index contributed by atoms with van der Waals surface area (Å²) in [6.45, 7) is 6.17. The molecule has 1 amide bonds. The Hall–Kier alpha value is -3.80. The van der Waals surface area contributed by atoms with Crippen LogP contribution in [0.2, 0.25) is 0 Å². The van der Waals surface area contributed by atoms with Gasteiger partial charge in [0.25, 0.3) is 5.91 Å². The number of hydrogen-bond acceptors (Lipinski definition) is 6. The van der Waals surface area contributed by atoms with Gasteiger partial charge in [-0.15, -0.1) is 0 Å². The van der Waals surface area contributed by atoms with Crippen molar-refractivity contribution in [1.82, 2.24) is 43.9 Å². The summed E-state index contributed by atoms with van der Waals surface area (Å²) in [6, 6.07) is 3.46. The van der Waals surface area contributed by atoms with E-state index in [4.69, 9.17) is 0 Å². The van der Waals surface area contributed by atoms with Crippen LogP contribution in [-0.2, 0) is 19.6 Å². The first-order valence-electron chi connectivity index (χ1n) is 10.5. The second-order valence-electron chi connectivity index (χ2n) is 7.40. The van der Waals surface area contributed by atoms with Crippen LogP contribution in [0.1, 0.15) is 29.9 Å². The molecule has 0 spiro atoms. The number of amides is 1. The van der Waals surface area contributed by atoms with Crippen LogP contribution in [0.3, 0.4) is 0 Å². The molecule has 0 unspecified atom stereocenters. The molecule has 5 aromatic heterocycles. The van der Waals surface area contributed by atoms with Crippen molar-refractivity contribution in [2.24, 2.45) is 0 Å². The van der Waals surface area contributed by atoms with E-state index in [-0.39, 0.29) is 11.6 Å². The molecule has 0 fully saturated rings. The summed E-state index contributed by atoms with van der Waals surface area (Å²) in [7, 11) is 0. The first-order chi connectivity index (χ1) is 16.0. The minimum absolute atomic E-state index is 0.248. The van der Waals surface area contributed by atoms with Gasteiger partial charge in [0.2, 0.25) is 0 Å². The van der Waals surface area contributed by atoms with E-state index in [2.05, 4.69) is 46.6 Å². The molecule has 1 N–H and O–H groups in total. The summed E-state index contributed by atoms with van der Waals surface area (Å²) in [4.78, 5) is 17.2. The van der Waals surface area contributed by atoms with E-state index in [1.165, 1.54) is 0 Å². The van der Waals surface area contributed by atoms with Gasteiger partial charge in [-0.1, -0.05) is 0 Å². The fourth-order valence-electron chi connectivity index (χ4n) is 3.48. The smallest absolute Gasteiger partial charge is 0.276 e. The number of hydrogen-bond donors (Lipinski definition) is 1. The van der Waals surface area contributed by atoms with Crippen molar-refractivity contribution in [2.75, 3.05) is 5.32 Å². The Labute approximate surface area is 197 Å². The summed E-state index contributed by atoms with van der Waals surface area (Å²) in [5.74, 6) is -0.344. The van der Waals surface area contributed by atoms with Crippen LogP contribution in [0.25, 0.3) is 17.0 Å². The van der Waals surface area contributed by atoms with E-state index < -0.39 is 0 Å². The number of aromatic nitrogens is 9. The fourth-order valence-corrected chi connectivity index (χ4v) is 3.99. The van der Waals surface area contributed by atoms with E-state index in [1.54, 1.807) is 33.9 Å². The molecule has 5 heterocycles. The van der Waals surface area contributed by atoms with E-state index in [9.17, 15) is 4.79 Å². The maximum atomic E-state index is 12.9. The first kappa shape index (κ1) is 21.1. The number of nitrogens with one attached hydrogen (secondary N) is 1. The molecule has 0 atom stereocenters. The molecular formula is C21H21BrN10O. The van der Waals surface area contributed by atoms with Gasteiger partial charge in [-0.05, 0) is 35.8 Å². The lowest BCUT2D eigenvalue weighted by Crippen LogP contribution is -2.12. The number of carbonyl (C=O) groups excluding carboxylic acids is 1. The number of fused-ring (bicyclic) bond motifs is 1. The van der Waals surface area contributed by atoms with Gasteiger partial charge in [-0.2, -0.15) is 20.4 Å². The first-order valence-corrected chi connectivity index (χ1v) is 11.3. The molecule has 0 aliphatic rings. The van der Waals surface area contributed by atoms with Crippen molar-refractivity contribution >= 4 is 33.2 Å². The molecule has 12 heteroatoms. The number of anilines is 1. The van der Waals surface area contributed by atoms with Crippen LogP contribution in [0.15, 0.2) is 53.8 Å². The molecule has 0 radical (unpaired) electrons. The van der Waals surface area contributed by atoms with E-state index in [0.29, 0.717) is 17.9 Å². The summed E-state index contributed by atoms with van der Waals surface area (Å²) in [5.41, 5.74) is 3.88. The largest absolute Gasteiger partial charge is 0.318 e. The summed E-state index contributed by atoms with van der Waals surface area (Å²) in [5, 5.41) is 20.5. The zero-order valence-corrected chi connectivity index (χ0v) is 19.6. The van der Waals surface area contributed by atoms with E-state index in [1.807, 2.05) is 47.9 Å². The van der Waals surface area contributed by atoms with Crippen LogP contribution in [0.4, 0.5) is 5.69 Å². The Kier molecular flexibility index (Phi) is 5.50. The zero-order chi connectivity index (χ0) is 22.9. The zero-order valence-electron chi connectivity index (χ0n) is 18.1. The van der Waals surface area contributed by atoms with Crippen LogP contribution in [0.5, 0.6) is 0 Å². The van der Waals surface area contributed by atoms with Gasteiger partial charge in [0.1, 0.15) is 5.69 Å². The molecule has 0 aliphatic heterocycles. The minimum Gasteiger partial charge on any atom is -0.318 e. The maximum absolute atomic E-state index is 12.9. The van der Waals surface area contributed by atoms with Crippen molar-refractivity contribution in [3.63, 3.8) is 0 Å². The third-order valence-corrected chi connectivity index (χ3v) is 5.70. The van der Waals surface area contributed by atoms with Crippen molar-refractivity contribution in [3.05, 3.63) is 65.0 Å². The average molecular weight is 509 g/mol. The Balaban J connectivity index is 1.36. The van der Waals surface area contributed by atoms with Crippen molar-refractivity contribution in [1.29, 1.82) is 0 Å². The summed E-state index contributed by atoms with van der Waals surface area (Å²) >= 11 is 3.55. The van der Waals surface area contributed by atoms with Crippen molar-refractivity contribution < 1.29 is 4.79 Å². The number of rotatable bonds is 7. The molecule has 0 saturated heterocycles. The van der Waals surface area contributed by atoms with Gasteiger partial charge in [0.05, 0.1) is 34.8 Å². The second-order valence-corrected chi connectivity index (χ2v) is 8.25. The van der Waals surface area contributed by atoms with Gasteiger partial charge in [0.15, 0.2) is 11.3 Å². The standard InChI is InChI=1S/C21H21BrN10O/c1-3-29-10-14(8-24-29)11-31-12-15(9-25-31)26-21(33)17-7-19-23-6-5-18(32(19)27-17)20-16(22)13-30(4-2)28-20/h5-10,12-13H,3-4,11H2,1-2H3,(H,26,33). The van der Waals surface area contributed by atoms with Gasteiger partial charge < -0.3 is 5.32 Å². The quantitative estimate of drug-likeness (QED) is 0.361. The lowest BCUT2D eigenvalue weighted by molar-refractivity contribution is 0.102. The normalized spacial score (nSPS) is 11.4. The van der Waals surface area contributed by atoms with Crippen molar-refractivity contribution in [3.8, 4) is 11.4 Å². The van der Waals surface area contributed by atoms with Gasteiger partial charge in [-0.25, -0.2) is 9.50 Å². The van der Waals surface area contributed by atoms with Crippen LogP contribution >= 0.6 is 15.9 Å². The number of nitrogens with zero attached hydrogens (tertiary/aromatic N) is 9. The van der Waals surface area contributed by atoms with Crippen molar-refractivity contribution in [2.45, 2.75) is 33.5 Å². The molecule has 0 saturated carbocycles. The van der Waals surface area contributed by atoms with Gasteiger partial charge >= 0.3 is 0 Å². The lowest BCUT2D eigenvalue weighted by atomic mass is 10.3. The predicted octanol–water partition coefficient (Wildman–Crippen LogP) is 3.09. The number of halogens is 1. The van der Waals surface area contributed by atoms with E-state index in [0.717, 1.165) is 34.5 Å². The molecular weight excluding hydrogens is 488 g/mol. The van der Waals surface area contributed by atoms with E-state index >= 15 is 0 Å². The molecule has 0 aliphatic carbocycles. The molecule has 5 rings (SSSR count). The second kappa shape index (κ2) is 8.62.